The number of aromatic hydroxyl groups is 1. The van der Waals surface area contributed by atoms with E-state index < -0.39 is 0 Å². The summed E-state index contributed by atoms with van der Waals surface area (Å²) < 4.78 is 5.47. The van der Waals surface area contributed by atoms with Gasteiger partial charge in [0.1, 0.15) is 12.4 Å². The number of likely N-dealkylation sites (tertiary alicyclic amines) is 1. The van der Waals surface area contributed by atoms with Gasteiger partial charge in [0.25, 0.3) is 5.91 Å². The molecule has 2 N–H and O–H groups in total. The van der Waals surface area contributed by atoms with Crippen LogP contribution in [0.3, 0.4) is 0 Å². The minimum atomic E-state index is -0.283. The number of hydrogen-bond acceptors (Lipinski definition) is 4. The summed E-state index contributed by atoms with van der Waals surface area (Å²) in [6.45, 7) is 6.41. The number of piperidine rings is 1. The second-order valence-electron chi connectivity index (χ2n) is 8.14. The molecule has 3 rings (SSSR count). The molecule has 6 heteroatoms. The summed E-state index contributed by atoms with van der Waals surface area (Å²) >= 11 is 0. The van der Waals surface area contributed by atoms with Crippen LogP contribution in [-0.2, 0) is 11.3 Å². The highest BCUT2D eigenvalue weighted by Crippen LogP contribution is 2.19. The first-order chi connectivity index (χ1) is 14.4. The third-order valence-corrected chi connectivity index (χ3v) is 5.56. The molecule has 0 bridgehead atoms. The maximum absolute atomic E-state index is 12.3. The molecule has 2 aromatic carbocycles. The van der Waals surface area contributed by atoms with Crippen molar-refractivity contribution in [2.75, 3.05) is 19.6 Å². The number of nitrogens with one attached hydrogen (secondary N) is 1. The number of hydrogen-bond donors (Lipinski definition) is 2. The summed E-state index contributed by atoms with van der Waals surface area (Å²) in [7, 11) is 0. The number of rotatable bonds is 6. The molecule has 0 saturated carbocycles. The van der Waals surface area contributed by atoms with Crippen molar-refractivity contribution in [3.05, 3.63) is 65.2 Å². The molecule has 0 atom stereocenters. The van der Waals surface area contributed by atoms with Crippen molar-refractivity contribution >= 4 is 12.0 Å². The van der Waals surface area contributed by atoms with E-state index in [2.05, 4.69) is 31.3 Å². The van der Waals surface area contributed by atoms with Crippen molar-refractivity contribution < 1.29 is 19.4 Å². The molecule has 0 aromatic heterocycles. The van der Waals surface area contributed by atoms with Gasteiger partial charge in [0.2, 0.25) is 0 Å². The molecule has 1 heterocycles. The number of carbonyl (C=O) groups is 2. The number of ether oxygens (including phenoxy) is 1. The molecule has 1 fully saturated rings. The predicted octanol–water partition coefficient (Wildman–Crippen LogP) is 4.29. The Balaban J connectivity index is 1.37. The number of amides is 2. The van der Waals surface area contributed by atoms with Crippen molar-refractivity contribution in [1.82, 2.24) is 10.2 Å². The van der Waals surface area contributed by atoms with Gasteiger partial charge in [-0.25, -0.2) is 4.79 Å². The molecule has 1 aliphatic heterocycles. The average Bonchev–Trinajstić information content (AvgIpc) is 2.77. The summed E-state index contributed by atoms with van der Waals surface area (Å²) in [5, 5.41) is 12.2. The Morgan fingerprint density at radius 3 is 2.30 bits per heavy atom. The molecule has 0 spiro atoms. The van der Waals surface area contributed by atoms with Gasteiger partial charge in [0.05, 0.1) is 0 Å². The highest BCUT2D eigenvalue weighted by molar-refractivity contribution is 5.94. The summed E-state index contributed by atoms with van der Waals surface area (Å²) in [6, 6.07) is 14.4. The molecular weight excluding hydrogens is 380 g/mol. The lowest BCUT2D eigenvalue weighted by molar-refractivity contribution is 0.0800. The first kappa shape index (κ1) is 21.7. The fourth-order valence-electron chi connectivity index (χ4n) is 3.51. The smallest absolute Gasteiger partial charge is 0.410 e. The highest BCUT2D eigenvalue weighted by atomic mass is 16.6. The molecule has 0 radical (unpaired) electrons. The van der Waals surface area contributed by atoms with E-state index in [1.54, 1.807) is 17.0 Å². The lowest BCUT2D eigenvalue weighted by atomic mass is 9.97. The van der Waals surface area contributed by atoms with E-state index in [1.165, 1.54) is 17.7 Å². The van der Waals surface area contributed by atoms with Crippen LogP contribution in [0.25, 0.3) is 0 Å². The van der Waals surface area contributed by atoms with Crippen LogP contribution in [0.2, 0.25) is 0 Å². The Kier molecular flexibility index (Phi) is 7.33. The van der Waals surface area contributed by atoms with Crippen molar-refractivity contribution in [3.63, 3.8) is 0 Å². The number of carbonyl (C=O) groups excluding carboxylic acids is 2. The minimum Gasteiger partial charge on any atom is -0.508 e. The number of nitrogens with zero attached hydrogens (tertiary/aromatic N) is 1. The fraction of sp³-hybridized carbons (Fsp3) is 0.417. The van der Waals surface area contributed by atoms with E-state index in [-0.39, 0.29) is 24.4 Å². The van der Waals surface area contributed by atoms with Crippen LogP contribution in [0, 0.1) is 5.92 Å². The van der Waals surface area contributed by atoms with Crippen LogP contribution >= 0.6 is 0 Å². The van der Waals surface area contributed by atoms with Gasteiger partial charge in [-0.1, -0.05) is 38.1 Å². The standard InChI is InChI=1S/C24H30N2O4/c1-17(2)20-5-3-19(4-6-20)16-30-24(29)26-13-11-18(12-14-26)15-25-23(28)21-7-9-22(27)10-8-21/h3-10,17-18,27H,11-16H2,1-2H3,(H,25,28). The Bertz CT molecular complexity index is 839. The van der Waals surface area contributed by atoms with Crippen LogP contribution < -0.4 is 5.32 Å². The van der Waals surface area contributed by atoms with E-state index in [0.29, 0.717) is 37.0 Å². The van der Waals surface area contributed by atoms with Crippen molar-refractivity contribution in [2.24, 2.45) is 5.92 Å². The normalized spacial score (nSPS) is 14.6. The van der Waals surface area contributed by atoms with E-state index in [4.69, 9.17) is 4.74 Å². The van der Waals surface area contributed by atoms with Gasteiger partial charge >= 0.3 is 6.09 Å². The predicted molar refractivity (Wildman–Crippen MR) is 115 cm³/mol. The largest absolute Gasteiger partial charge is 0.508 e. The minimum absolute atomic E-state index is 0.137. The van der Waals surface area contributed by atoms with Gasteiger partial charge in [-0.15, -0.1) is 0 Å². The number of phenols is 1. The number of phenolic OH excluding ortho intramolecular Hbond substituents is 1. The van der Waals surface area contributed by atoms with Gasteiger partial charge in [0, 0.05) is 25.2 Å². The molecule has 0 aliphatic carbocycles. The molecule has 30 heavy (non-hydrogen) atoms. The maximum atomic E-state index is 12.3. The molecule has 0 unspecified atom stereocenters. The van der Waals surface area contributed by atoms with Crippen molar-refractivity contribution in [1.29, 1.82) is 0 Å². The topological polar surface area (TPSA) is 78.9 Å². The van der Waals surface area contributed by atoms with Crippen LogP contribution in [0.4, 0.5) is 4.79 Å². The second-order valence-corrected chi connectivity index (χ2v) is 8.14. The summed E-state index contributed by atoms with van der Waals surface area (Å²) in [6.07, 6.45) is 1.37. The molecule has 1 aliphatic rings. The monoisotopic (exact) mass is 410 g/mol. The highest BCUT2D eigenvalue weighted by Gasteiger charge is 2.24. The van der Waals surface area contributed by atoms with Crippen LogP contribution in [-0.4, -0.2) is 41.6 Å². The summed E-state index contributed by atoms with van der Waals surface area (Å²) in [5.41, 5.74) is 2.78. The van der Waals surface area contributed by atoms with E-state index >= 15 is 0 Å². The molecule has 2 aromatic rings. The zero-order valence-corrected chi connectivity index (χ0v) is 17.6. The van der Waals surface area contributed by atoms with Crippen LogP contribution in [0.15, 0.2) is 48.5 Å². The quantitative estimate of drug-likeness (QED) is 0.744. The Morgan fingerprint density at radius 1 is 1.07 bits per heavy atom. The average molecular weight is 411 g/mol. The van der Waals surface area contributed by atoms with E-state index in [0.717, 1.165) is 18.4 Å². The van der Waals surface area contributed by atoms with Gasteiger partial charge in [-0.05, 0) is 60.1 Å². The third-order valence-electron chi connectivity index (χ3n) is 5.56. The van der Waals surface area contributed by atoms with Crippen LogP contribution in [0.1, 0.15) is 54.1 Å². The lowest BCUT2D eigenvalue weighted by Crippen LogP contribution is -2.41. The second kappa shape index (κ2) is 10.1. The molecule has 1 saturated heterocycles. The van der Waals surface area contributed by atoms with Gasteiger partial charge in [0.15, 0.2) is 0 Å². The van der Waals surface area contributed by atoms with Gasteiger partial charge in [-0.2, -0.15) is 0 Å². The Labute approximate surface area is 177 Å². The number of benzene rings is 2. The van der Waals surface area contributed by atoms with Crippen molar-refractivity contribution in [2.45, 2.75) is 39.2 Å². The Hall–Kier alpha value is -3.02. The fourth-order valence-corrected chi connectivity index (χ4v) is 3.51. The van der Waals surface area contributed by atoms with E-state index in [9.17, 15) is 14.7 Å². The SMILES string of the molecule is CC(C)c1ccc(COC(=O)N2CCC(CNC(=O)c3ccc(O)cc3)CC2)cc1. The zero-order chi connectivity index (χ0) is 21.5. The third kappa shape index (κ3) is 5.99. The zero-order valence-electron chi connectivity index (χ0n) is 17.6. The van der Waals surface area contributed by atoms with Gasteiger partial charge < -0.3 is 20.1 Å². The lowest BCUT2D eigenvalue weighted by Gasteiger charge is -2.31. The first-order valence-corrected chi connectivity index (χ1v) is 10.5. The molecule has 6 nitrogen and oxygen atoms in total. The van der Waals surface area contributed by atoms with Crippen molar-refractivity contribution in [3.8, 4) is 5.75 Å². The molecule has 160 valence electrons. The first-order valence-electron chi connectivity index (χ1n) is 10.5. The molecule has 2 amide bonds. The van der Waals surface area contributed by atoms with E-state index in [1.807, 2.05) is 12.1 Å². The molecular formula is C24H30N2O4. The van der Waals surface area contributed by atoms with Gasteiger partial charge in [-0.3, -0.25) is 4.79 Å². The maximum Gasteiger partial charge on any atom is 0.410 e. The van der Waals surface area contributed by atoms with Crippen LogP contribution in [0.5, 0.6) is 5.75 Å². The summed E-state index contributed by atoms with van der Waals surface area (Å²) in [5.74, 6) is 0.797. The summed E-state index contributed by atoms with van der Waals surface area (Å²) in [4.78, 5) is 26.3. The Morgan fingerprint density at radius 2 is 1.70 bits per heavy atom.